The molecule has 22 heavy (non-hydrogen) atoms. The predicted molar refractivity (Wildman–Crippen MR) is 88.2 cm³/mol. The Morgan fingerprint density at radius 2 is 2.05 bits per heavy atom. The van der Waals surface area contributed by atoms with Crippen LogP contribution in [0.1, 0.15) is 60.8 Å². The lowest BCUT2D eigenvalue weighted by atomic mass is 9.84. The molecule has 0 bridgehead atoms. The Morgan fingerprint density at radius 1 is 1.32 bits per heavy atom. The number of aryl methyl sites for hydroxylation is 2. The van der Waals surface area contributed by atoms with E-state index in [0.29, 0.717) is 11.5 Å². The first kappa shape index (κ1) is 15.1. The number of carbonyl (C=O) groups is 1. The second kappa shape index (κ2) is 6.11. The molecule has 0 unspecified atom stereocenters. The van der Waals surface area contributed by atoms with Crippen molar-refractivity contribution in [3.05, 3.63) is 35.3 Å². The maximum absolute atomic E-state index is 12.6. The maximum Gasteiger partial charge on any atom is 0.255 e. The molecule has 2 aromatic heterocycles. The van der Waals surface area contributed by atoms with Gasteiger partial charge in [0.05, 0.1) is 5.56 Å². The number of fused-ring (bicyclic) bond motifs is 1. The zero-order valence-corrected chi connectivity index (χ0v) is 13.7. The Bertz CT molecular complexity index is 683. The lowest BCUT2D eigenvalue weighted by molar-refractivity contribution is 0.0921. The Hall–Kier alpha value is -1.84. The first-order valence-electron chi connectivity index (χ1n) is 8.32. The molecular formula is C18H25N3O. The number of nitrogens with one attached hydrogen (secondary N) is 1. The largest absolute Gasteiger partial charge is 0.349 e. The molecule has 1 amide bonds. The number of rotatable bonds is 3. The minimum atomic E-state index is -0.00178. The van der Waals surface area contributed by atoms with E-state index in [9.17, 15) is 4.79 Å². The predicted octanol–water partition coefficient (Wildman–Crippen LogP) is 3.65. The van der Waals surface area contributed by atoms with E-state index in [0.717, 1.165) is 17.0 Å². The van der Waals surface area contributed by atoms with Crippen LogP contribution >= 0.6 is 0 Å². The van der Waals surface area contributed by atoms with Crippen molar-refractivity contribution in [1.29, 1.82) is 0 Å². The summed E-state index contributed by atoms with van der Waals surface area (Å²) in [5, 5.41) is 3.19. The van der Waals surface area contributed by atoms with Gasteiger partial charge in [-0.3, -0.25) is 4.79 Å². The lowest BCUT2D eigenvalue weighted by Crippen LogP contribution is -2.38. The van der Waals surface area contributed by atoms with Gasteiger partial charge < -0.3 is 9.72 Å². The first-order chi connectivity index (χ1) is 10.6. The summed E-state index contributed by atoms with van der Waals surface area (Å²) in [4.78, 5) is 17.2. The van der Waals surface area contributed by atoms with Gasteiger partial charge in [-0.15, -0.1) is 0 Å². The van der Waals surface area contributed by atoms with Crippen LogP contribution in [0, 0.1) is 19.8 Å². The number of aromatic nitrogens is 2. The number of hydrogen-bond donors (Lipinski definition) is 1. The Kier molecular flexibility index (Phi) is 4.19. The van der Waals surface area contributed by atoms with Crippen molar-refractivity contribution in [3.8, 4) is 0 Å². The van der Waals surface area contributed by atoms with Gasteiger partial charge in [-0.05, 0) is 51.7 Å². The van der Waals surface area contributed by atoms with Crippen LogP contribution < -0.4 is 5.32 Å². The third-order valence-corrected chi connectivity index (χ3v) is 4.90. The topological polar surface area (TPSA) is 46.4 Å². The highest BCUT2D eigenvalue weighted by Crippen LogP contribution is 2.26. The molecule has 4 heteroatoms. The van der Waals surface area contributed by atoms with E-state index in [-0.39, 0.29) is 11.9 Å². The van der Waals surface area contributed by atoms with Gasteiger partial charge in [0.25, 0.3) is 5.91 Å². The normalized spacial score (nSPS) is 17.6. The Labute approximate surface area is 131 Å². The van der Waals surface area contributed by atoms with Crippen molar-refractivity contribution >= 4 is 11.6 Å². The van der Waals surface area contributed by atoms with Crippen LogP contribution in [0.4, 0.5) is 0 Å². The summed E-state index contributed by atoms with van der Waals surface area (Å²) in [6.07, 6.45) is 8.31. The monoisotopic (exact) mass is 299 g/mol. The minimum Gasteiger partial charge on any atom is -0.349 e. The minimum absolute atomic E-state index is 0.00178. The third-order valence-electron chi connectivity index (χ3n) is 4.90. The second-order valence-corrected chi connectivity index (χ2v) is 6.62. The molecule has 4 nitrogen and oxygen atoms in total. The molecule has 0 spiro atoms. The Balaban J connectivity index is 1.80. The van der Waals surface area contributed by atoms with Crippen molar-refractivity contribution in [2.45, 2.75) is 58.9 Å². The SMILES string of the molecule is Cc1cc(C)n2ccc(C(=O)N[C@@H](C)C3CCCCC3)c2n1. The fourth-order valence-electron chi connectivity index (χ4n) is 3.61. The summed E-state index contributed by atoms with van der Waals surface area (Å²) in [5.41, 5.74) is 3.47. The zero-order chi connectivity index (χ0) is 15.7. The highest BCUT2D eigenvalue weighted by atomic mass is 16.1. The second-order valence-electron chi connectivity index (χ2n) is 6.62. The number of hydrogen-bond acceptors (Lipinski definition) is 2. The molecular weight excluding hydrogens is 274 g/mol. The molecule has 0 aliphatic heterocycles. The average molecular weight is 299 g/mol. The molecule has 1 aliphatic rings. The van der Waals surface area contributed by atoms with Crippen LogP contribution in [-0.2, 0) is 0 Å². The van der Waals surface area contributed by atoms with E-state index >= 15 is 0 Å². The van der Waals surface area contributed by atoms with Crippen molar-refractivity contribution in [3.63, 3.8) is 0 Å². The highest BCUT2D eigenvalue weighted by molar-refractivity contribution is 6.00. The van der Waals surface area contributed by atoms with E-state index < -0.39 is 0 Å². The average Bonchev–Trinajstić information content (AvgIpc) is 2.92. The van der Waals surface area contributed by atoms with Crippen LogP contribution in [-0.4, -0.2) is 21.3 Å². The summed E-state index contributed by atoms with van der Waals surface area (Å²) in [6, 6.07) is 4.13. The maximum atomic E-state index is 12.6. The summed E-state index contributed by atoms with van der Waals surface area (Å²) in [5.74, 6) is 0.612. The molecule has 1 atom stereocenters. The third kappa shape index (κ3) is 2.87. The molecule has 2 aromatic rings. The van der Waals surface area contributed by atoms with Gasteiger partial charge in [-0.25, -0.2) is 4.98 Å². The van der Waals surface area contributed by atoms with Crippen LogP contribution in [0.5, 0.6) is 0 Å². The lowest BCUT2D eigenvalue weighted by Gasteiger charge is -2.28. The van der Waals surface area contributed by atoms with E-state index in [4.69, 9.17) is 0 Å². The Morgan fingerprint density at radius 3 is 2.77 bits per heavy atom. The van der Waals surface area contributed by atoms with Gasteiger partial charge in [0, 0.05) is 23.6 Å². The number of carbonyl (C=O) groups excluding carboxylic acids is 1. The fourth-order valence-corrected chi connectivity index (χ4v) is 3.61. The molecule has 1 saturated carbocycles. The van der Waals surface area contributed by atoms with Crippen molar-refractivity contribution in [2.24, 2.45) is 5.92 Å². The molecule has 1 aliphatic carbocycles. The molecule has 2 heterocycles. The van der Waals surface area contributed by atoms with Gasteiger partial charge in [-0.2, -0.15) is 0 Å². The molecule has 1 fully saturated rings. The van der Waals surface area contributed by atoms with E-state index in [1.54, 1.807) is 0 Å². The van der Waals surface area contributed by atoms with Crippen molar-refractivity contribution in [2.75, 3.05) is 0 Å². The smallest absolute Gasteiger partial charge is 0.255 e. The van der Waals surface area contributed by atoms with Gasteiger partial charge >= 0.3 is 0 Å². The summed E-state index contributed by atoms with van der Waals surface area (Å²) >= 11 is 0. The quantitative estimate of drug-likeness (QED) is 0.940. The van der Waals surface area contributed by atoms with Crippen LogP contribution in [0.25, 0.3) is 5.65 Å². The fraction of sp³-hybridized carbons (Fsp3) is 0.556. The van der Waals surface area contributed by atoms with Crippen LogP contribution in [0.15, 0.2) is 18.3 Å². The highest BCUT2D eigenvalue weighted by Gasteiger charge is 2.23. The summed E-state index contributed by atoms with van der Waals surface area (Å²) < 4.78 is 1.98. The molecule has 0 saturated heterocycles. The molecule has 118 valence electrons. The van der Waals surface area contributed by atoms with Gasteiger partial charge in [0.2, 0.25) is 0 Å². The molecule has 1 N–H and O–H groups in total. The number of nitrogens with zero attached hydrogens (tertiary/aromatic N) is 2. The van der Waals surface area contributed by atoms with Gasteiger partial charge in [0.1, 0.15) is 5.65 Å². The van der Waals surface area contributed by atoms with Gasteiger partial charge in [0.15, 0.2) is 0 Å². The van der Waals surface area contributed by atoms with Crippen LogP contribution in [0.3, 0.4) is 0 Å². The van der Waals surface area contributed by atoms with Crippen molar-refractivity contribution < 1.29 is 4.79 Å². The van der Waals surface area contributed by atoms with Crippen LogP contribution in [0.2, 0.25) is 0 Å². The molecule has 0 radical (unpaired) electrons. The van der Waals surface area contributed by atoms with E-state index in [1.807, 2.05) is 36.6 Å². The standard InChI is InChI=1S/C18H25N3O/c1-12-11-13(2)21-10-9-16(17(21)19-12)18(22)20-14(3)15-7-5-4-6-8-15/h9-11,14-15H,4-8H2,1-3H3,(H,20,22)/t14-/m0/s1. The summed E-state index contributed by atoms with van der Waals surface area (Å²) in [7, 11) is 0. The van der Waals surface area contributed by atoms with Gasteiger partial charge in [-0.1, -0.05) is 19.3 Å². The van der Waals surface area contributed by atoms with E-state index in [1.165, 1.54) is 32.1 Å². The van der Waals surface area contributed by atoms with Crippen molar-refractivity contribution in [1.82, 2.24) is 14.7 Å². The molecule has 3 rings (SSSR count). The van der Waals surface area contributed by atoms with E-state index in [2.05, 4.69) is 17.2 Å². The summed E-state index contributed by atoms with van der Waals surface area (Å²) in [6.45, 7) is 6.14. The number of amides is 1. The first-order valence-corrected chi connectivity index (χ1v) is 8.32. The zero-order valence-electron chi connectivity index (χ0n) is 13.7. The molecule has 0 aromatic carbocycles.